The normalized spacial score (nSPS) is 10.1. The van der Waals surface area contributed by atoms with Crippen LogP contribution in [0.5, 0.6) is 0 Å². The third-order valence-electron chi connectivity index (χ3n) is 2.71. The van der Waals surface area contributed by atoms with Crippen LogP contribution < -0.4 is 10.6 Å². The lowest BCUT2D eigenvalue weighted by Gasteiger charge is -2.09. The van der Waals surface area contributed by atoms with Gasteiger partial charge in [0.25, 0.3) is 0 Å². The molecule has 0 saturated carbocycles. The zero-order valence-corrected chi connectivity index (χ0v) is 13.0. The van der Waals surface area contributed by atoms with E-state index in [1.165, 1.54) is 0 Å². The Morgan fingerprint density at radius 2 is 1.95 bits per heavy atom. The highest BCUT2D eigenvalue weighted by molar-refractivity contribution is 9.10. The maximum atomic E-state index is 11.8. The zero-order chi connectivity index (χ0) is 14.4. The predicted molar refractivity (Wildman–Crippen MR) is 86.3 cm³/mol. The van der Waals surface area contributed by atoms with Crippen molar-refractivity contribution < 1.29 is 4.79 Å². The van der Waals surface area contributed by atoms with Crippen LogP contribution in [-0.4, -0.2) is 12.6 Å². The number of carbonyl (C=O) groups is 1. The number of benzene rings is 2. The highest BCUT2D eigenvalue weighted by Crippen LogP contribution is 2.20. The van der Waals surface area contributed by atoms with Gasteiger partial charge in [-0.2, -0.15) is 0 Å². The van der Waals surface area contributed by atoms with Crippen molar-refractivity contribution in [3.8, 4) is 0 Å². The minimum atomic E-state index is -0.223. The standard InChI is InChI=1S/C15H14BrClN2O/c16-13-6-1-2-7-14(13)19-15(20)18-9-8-11-4-3-5-12(17)10-11/h1-7,10H,8-9H2,(H2,18,19,20). The SMILES string of the molecule is O=C(NCCc1cccc(Cl)c1)Nc1ccccc1Br. The molecule has 20 heavy (non-hydrogen) atoms. The molecule has 0 spiro atoms. The molecule has 2 aromatic carbocycles. The Labute approximate surface area is 131 Å². The molecule has 3 nitrogen and oxygen atoms in total. The van der Waals surface area contributed by atoms with Crippen LogP contribution in [0.3, 0.4) is 0 Å². The summed E-state index contributed by atoms with van der Waals surface area (Å²) in [5.74, 6) is 0. The van der Waals surface area contributed by atoms with Crippen molar-refractivity contribution >= 4 is 39.2 Å². The number of amides is 2. The van der Waals surface area contributed by atoms with Crippen molar-refractivity contribution in [1.29, 1.82) is 0 Å². The van der Waals surface area contributed by atoms with E-state index < -0.39 is 0 Å². The van der Waals surface area contributed by atoms with E-state index in [9.17, 15) is 4.79 Å². The van der Waals surface area contributed by atoms with Crippen LogP contribution in [0.25, 0.3) is 0 Å². The molecule has 0 aliphatic heterocycles. The van der Waals surface area contributed by atoms with Gasteiger partial charge in [0.05, 0.1) is 5.69 Å². The average molecular weight is 354 g/mol. The fraction of sp³-hybridized carbons (Fsp3) is 0.133. The summed E-state index contributed by atoms with van der Waals surface area (Å²) in [5.41, 5.74) is 1.84. The Morgan fingerprint density at radius 1 is 1.15 bits per heavy atom. The van der Waals surface area contributed by atoms with E-state index in [1.807, 2.05) is 48.5 Å². The van der Waals surface area contributed by atoms with Crippen molar-refractivity contribution in [2.45, 2.75) is 6.42 Å². The molecule has 0 heterocycles. The molecule has 0 aromatic heterocycles. The lowest BCUT2D eigenvalue weighted by Crippen LogP contribution is -2.30. The van der Waals surface area contributed by atoms with E-state index in [2.05, 4.69) is 26.6 Å². The van der Waals surface area contributed by atoms with Gasteiger partial charge in [-0.15, -0.1) is 0 Å². The third kappa shape index (κ3) is 4.54. The zero-order valence-electron chi connectivity index (χ0n) is 10.7. The van der Waals surface area contributed by atoms with Gasteiger partial charge in [-0.3, -0.25) is 0 Å². The average Bonchev–Trinajstić information content (AvgIpc) is 2.41. The van der Waals surface area contributed by atoms with Gasteiger partial charge in [-0.1, -0.05) is 35.9 Å². The summed E-state index contributed by atoms with van der Waals surface area (Å²) in [5, 5.41) is 6.31. The summed E-state index contributed by atoms with van der Waals surface area (Å²) in [6, 6.07) is 14.9. The first-order valence-electron chi connectivity index (χ1n) is 6.19. The highest BCUT2D eigenvalue weighted by Gasteiger charge is 2.04. The number of anilines is 1. The lowest BCUT2D eigenvalue weighted by molar-refractivity contribution is 0.252. The molecule has 5 heteroatoms. The van der Waals surface area contributed by atoms with Gasteiger partial charge in [0, 0.05) is 16.0 Å². The Kier molecular flexibility index (Phi) is 5.44. The van der Waals surface area contributed by atoms with E-state index in [1.54, 1.807) is 0 Å². The van der Waals surface area contributed by atoms with Crippen LogP contribution in [0.2, 0.25) is 5.02 Å². The van der Waals surface area contributed by atoms with Crippen molar-refractivity contribution in [1.82, 2.24) is 5.32 Å². The van der Waals surface area contributed by atoms with Crippen molar-refractivity contribution in [3.05, 3.63) is 63.6 Å². The van der Waals surface area contributed by atoms with Gasteiger partial charge in [0.2, 0.25) is 0 Å². The fourth-order valence-electron chi connectivity index (χ4n) is 1.74. The van der Waals surface area contributed by atoms with Crippen molar-refractivity contribution in [2.75, 3.05) is 11.9 Å². The molecule has 0 fully saturated rings. The van der Waals surface area contributed by atoms with Crippen molar-refractivity contribution in [2.24, 2.45) is 0 Å². The Bertz CT molecular complexity index is 604. The lowest BCUT2D eigenvalue weighted by atomic mass is 10.1. The first kappa shape index (κ1) is 14.9. The third-order valence-corrected chi connectivity index (χ3v) is 3.64. The molecule has 0 saturated heterocycles. The van der Waals surface area contributed by atoms with E-state index in [-0.39, 0.29) is 6.03 Å². The molecule has 2 N–H and O–H groups in total. The molecule has 0 radical (unpaired) electrons. The minimum Gasteiger partial charge on any atom is -0.338 e. The number of para-hydroxylation sites is 1. The summed E-state index contributed by atoms with van der Waals surface area (Å²) >= 11 is 9.29. The van der Waals surface area contributed by atoms with Crippen LogP contribution in [-0.2, 0) is 6.42 Å². The van der Waals surface area contributed by atoms with Gasteiger partial charge in [-0.05, 0) is 52.2 Å². The maximum absolute atomic E-state index is 11.8. The smallest absolute Gasteiger partial charge is 0.319 e. The molecule has 0 aliphatic rings. The van der Waals surface area contributed by atoms with Crippen LogP contribution in [0.1, 0.15) is 5.56 Å². The van der Waals surface area contributed by atoms with E-state index in [0.717, 1.165) is 22.1 Å². The summed E-state index contributed by atoms with van der Waals surface area (Å²) in [6.45, 7) is 0.552. The summed E-state index contributed by atoms with van der Waals surface area (Å²) in [7, 11) is 0. The number of urea groups is 1. The quantitative estimate of drug-likeness (QED) is 0.837. The topological polar surface area (TPSA) is 41.1 Å². The van der Waals surface area contributed by atoms with E-state index >= 15 is 0 Å². The number of rotatable bonds is 4. The van der Waals surface area contributed by atoms with E-state index in [4.69, 9.17) is 11.6 Å². The molecular formula is C15H14BrClN2O. The second-order valence-corrected chi connectivity index (χ2v) is 5.53. The molecule has 0 atom stereocenters. The molecular weight excluding hydrogens is 340 g/mol. The second-order valence-electron chi connectivity index (χ2n) is 4.24. The van der Waals surface area contributed by atoms with Crippen LogP contribution in [0, 0.1) is 0 Å². The number of halogens is 2. The number of hydrogen-bond acceptors (Lipinski definition) is 1. The Balaban J connectivity index is 1.80. The molecule has 0 aliphatic carbocycles. The first-order valence-corrected chi connectivity index (χ1v) is 7.36. The monoisotopic (exact) mass is 352 g/mol. The second kappa shape index (κ2) is 7.31. The summed E-state index contributed by atoms with van der Waals surface area (Å²) in [4.78, 5) is 11.8. The molecule has 0 unspecified atom stereocenters. The van der Waals surface area contributed by atoms with Crippen molar-refractivity contribution in [3.63, 3.8) is 0 Å². The largest absolute Gasteiger partial charge is 0.338 e. The molecule has 0 bridgehead atoms. The van der Waals surface area contributed by atoms with Crippen LogP contribution >= 0.6 is 27.5 Å². The van der Waals surface area contributed by atoms with Gasteiger partial charge in [0.15, 0.2) is 0 Å². The fourth-order valence-corrected chi connectivity index (χ4v) is 2.34. The summed E-state index contributed by atoms with van der Waals surface area (Å²) < 4.78 is 0.852. The molecule has 2 aromatic rings. The van der Waals surface area contributed by atoms with Crippen LogP contribution in [0.15, 0.2) is 53.0 Å². The minimum absolute atomic E-state index is 0.223. The van der Waals surface area contributed by atoms with E-state index in [0.29, 0.717) is 11.6 Å². The Morgan fingerprint density at radius 3 is 2.70 bits per heavy atom. The molecule has 104 valence electrons. The first-order chi connectivity index (χ1) is 9.65. The van der Waals surface area contributed by atoms with Crippen LogP contribution in [0.4, 0.5) is 10.5 Å². The predicted octanol–water partition coefficient (Wildman–Crippen LogP) is 4.47. The highest BCUT2D eigenvalue weighted by atomic mass is 79.9. The number of nitrogens with one attached hydrogen (secondary N) is 2. The maximum Gasteiger partial charge on any atom is 0.319 e. The molecule has 2 rings (SSSR count). The summed E-state index contributed by atoms with van der Waals surface area (Å²) in [6.07, 6.45) is 0.740. The van der Waals surface area contributed by atoms with Gasteiger partial charge in [0.1, 0.15) is 0 Å². The number of carbonyl (C=O) groups excluding carboxylic acids is 1. The number of hydrogen-bond donors (Lipinski definition) is 2. The molecule has 2 amide bonds. The Hall–Kier alpha value is -1.52. The van der Waals surface area contributed by atoms with Gasteiger partial charge < -0.3 is 10.6 Å². The van der Waals surface area contributed by atoms with Gasteiger partial charge in [-0.25, -0.2) is 4.79 Å². The van der Waals surface area contributed by atoms with Gasteiger partial charge >= 0.3 is 6.03 Å².